The fourth-order valence-electron chi connectivity index (χ4n) is 1.97. The van der Waals surface area contributed by atoms with Crippen LogP contribution in [0.25, 0.3) is 0 Å². The van der Waals surface area contributed by atoms with Gasteiger partial charge in [0.05, 0.1) is 79.3 Å². The molecule has 0 rings (SSSR count). The molecule has 0 amide bonds. The lowest BCUT2D eigenvalue weighted by Gasteiger charge is -2.08. The molecule has 8 heteroatoms. The topological polar surface area (TPSA) is 102 Å². The number of ether oxygens (including phenoxy) is 6. The van der Waals surface area contributed by atoms with E-state index in [9.17, 15) is 0 Å². The predicted molar refractivity (Wildman–Crippen MR) is 99.5 cm³/mol. The van der Waals surface area contributed by atoms with Crippen molar-refractivity contribution in [1.82, 2.24) is 0 Å². The first kappa shape index (κ1) is 25.7. The largest absolute Gasteiger partial charge is 0.394 e. The molecule has 0 fully saturated rings. The number of hydrogen-bond acceptors (Lipinski definition) is 8. The molecule has 0 saturated carbocycles. The molecule has 158 valence electrons. The van der Waals surface area contributed by atoms with Crippen molar-refractivity contribution in [2.24, 2.45) is 5.73 Å². The van der Waals surface area contributed by atoms with Gasteiger partial charge in [-0.25, -0.2) is 0 Å². The van der Waals surface area contributed by atoms with Crippen molar-refractivity contribution in [1.29, 1.82) is 0 Å². The maximum Gasteiger partial charge on any atom is 0.0701 e. The molecular weight excluding hydrogens is 342 g/mol. The SMILES string of the molecule is NCCCCCCOCCOCCOCCOCCOCCOCCO. The van der Waals surface area contributed by atoms with E-state index in [2.05, 4.69) is 0 Å². The van der Waals surface area contributed by atoms with E-state index in [-0.39, 0.29) is 6.61 Å². The van der Waals surface area contributed by atoms with Gasteiger partial charge in [-0.05, 0) is 19.4 Å². The van der Waals surface area contributed by atoms with Crippen LogP contribution in [0.5, 0.6) is 0 Å². The molecule has 0 aliphatic carbocycles. The van der Waals surface area contributed by atoms with Crippen LogP contribution in [0.1, 0.15) is 25.7 Å². The highest BCUT2D eigenvalue weighted by atomic mass is 16.6. The second kappa shape index (κ2) is 24.7. The quantitative estimate of drug-likeness (QED) is 0.248. The van der Waals surface area contributed by atoms with Crippen LogP contribution in [-0.2, 0) is 28.4 Å². The summed E-state index contributed by atoms with van der Waals surface area (Å²) >= 11 is 0. The molecule has 0 unspecified atom stereocenters. The minimum atomic E-state index is 0.0396. The van der Waals surface area contributed by atoms with Crippen LogP contribution in [0.3, 0.4) is 0 Å². The van der Waals surface area contributed by atoms with Gasteiger partial charge in [-0.3, -0.25) is 0 Å². The fourth-order valence-corrected chi connectivity index (χ4v) is 1.97. The molecule has 0 atom stereocenters. The first-order valence-electron chi connectivity index (χ1n) is 9.69. The Labute approximate surface area is 158 Å². The monoisotopic (exact) mass is 381 g/mol. The summed E-state index contributed by atoms with van der Waals surface area (Å²) in [5, 5.41) is 8.52. The first-order chi connectivity index (χ1) is 12.9. The summed E-state index contributed by atoms with van der Waals surface area (Å²) in [6, 6.07) is 0. The maximum atomic E-state index is 8.52. The molecule has 0 spiro atoms. The predicted octanol–water partition coefficient (Wildman–Crippen LogP) is 0.597. The minimum absolute atomic E-state index is 0.0396. The Morgan fingerprint density at radius 1 is 0.423 bits per heavy atom. The van der Waals surface area contributed by atoms with Gasteiger partial charge in [0.2, 0.25) is 0 Å². The summed E-state index contributed by atoms with van der Waals surface area (Å²) in [7, 11) is 0. The zero-order valence-corrected chi connectivity index (χ0v) is 16.2. The third kappa shape index (κ3) is 23.7. The molecule has 26 heavy (non-hydrogen) atoms. The number of rotatable bonds is 23. The van der Waals surface area contributed by atoms with Gasteiger partial charge in [0.1, 0.15) is 0 Å². The molecular formula is C18H39NO7. The number of hydrogen-bond donors (Lipinski definition) is 2. The standard InChI is InChI=1S/C18H39NO7/c19-5-3-1-2-4-7-21-9-11-23-13-15-25-17-18-26-16-14-24-12-10-22-8-6-20/h20H,1-19H2. The van der Waals surface area contributed by atoms with Crippen molar-refractivity contribution in [2.75, 3.05) is 92.4 Å². The Kier molecular flexibility index (Phi) is 24.4. The second-order valence-corrected chi connectivity index (χ2v) is 5.60. The van der Waals surface area contributed by atoms with Crippen LogP contribution in [0, 0.1) is 0 Å². The lowest BCUT2D eigenvalue weighted by Crippen LogP contribution is -2.14. The van der Waals surface area contributed by atoms with Crippen molar-refractivity contribution in [3.8, 4) is 0 Å². The van der Waals surface area contributed by atoms with Gasteiger partial charge in [-0.1, -0.05) is 12.8 Å². The summed E-state index contributed by atoms with van der Waals surface area (Å²) in [4.78, 5) is 0. The van der Waals surface area contributed by atoms with Crippen LogP contribution in [0.4, 0.5) is 0 Å². The fraction of sp³-hybridized carbons (Fsp3) is 1.00. The van der Waals surface area contributed by atoms with Crippen molar-refractivity contribution in [3.63, 3.8) is 0 Å². The highest BCUT2D eigenvalue weighted by Gasteiger charge is 1.94. The summed E-state index contributed by atoms with van der Waals surface area (Å²) in [6.45, 7) is 7.45. The van der Waals surface area contributed by atoms with Crippen molar-refractivity contribution in [3.05, 3.63) is 0 Å². The smallest absolute Gasteiger partial charge is 0.0701 e. The lowest BCUT2D eigenvalue weighted by molar-refractivity contribution is -0.0182. The Hall–Kier alpha value is -0.320. The van der Waals surface area contributed by atoms with E-state index in [1.807, 2.05) is 0 Å². The number of unbranched alkanes of at least 4 members (excludes halogenated alkanes) is 3. The van der Waals surface area contributed by atoms with Gasteiger partial charge in [0.15, 0.2) is 0 Å². The molecule has 0 aliphatic heterocycles. The van der Waals surface area contributed by atoms with Gasteiger partial charge < -0.3 is 39.3 Å². The van der Waals surface area contributed by atoms with Crippen LogP contribution < -0.4 is 5.73 Å². The second-order valence-electron chi connectivity index (χ2n) is 5.60. The number of aliphatic hydroxyl groups excluding tert-OH is 1. The molecule has 0 saturated heterocycles. The lowest BCUT2D eigenvalue weighted by atomic mass is 10.2. The van der Waals surface area contributed by atoms with Gasteiger partial charge in [-0.2, -0.15) is 0 Å². The third-order valence-electron chi connectivity index (χ3n) is 3.34. The zero-order chi connectivity index (χ0) is 19.0. The van der Waals surface area contributed by atoms with Gasteiger partial charge in [0.25, 0.3) is 0 Å². The van der Waals surface area contributed by atoms with E-state index >= 15 is 0 Å². The first-order valence-corrected chi connectivity index (χ1v) is 9.69. The normalized spacial score (nSPS) is 11.3. The molecule has 0 heterocycles. The Morgan fingerprint density at radius 3 is 1.15 bits per heavy atom. The van der Waals surface area contributed by atoms with Crippen molar-refractivity contribution >= 4 is 0 Å². The minimum Gasteiger partial charge on any atom is -0.394 e. The summed E-state index contributed by atoms with van der Waals surface area (Å²) < 4.78 is 32.0. The Morgan fingerprint density at radius 2 is 0.769 bits per heavy atom. The third-order valence-corrected chi connectivity index (χ3v) is 3.34. The van der Waals surface area contributed by atoms with E-state index < -0.39 is 0 Å². The van der Waals surface area contributed by atoms with Crippen molar-refractivity contribution in [2.45, 2.75) is 25.7 Å². The molecule has 0 aromatic heterocycles. The molecule has 0 aromatic rings. The van der Waals surface area contributed by atoms with Gasteiger partial charge in [-0.15, -0.1) is 0 Å². The highest BCUT2D eigenvalue weighted by Crippen LogP contribution is 1.98. The molecule has 0 aromatic carbocycles. The molecule has 0 aliphatic rings. The van der Waals surface area contributed by atoms with E-state index in [0.29, 0.717) is 72.7 Å². The molecule has 0 bridgehead atoms. The number of aliphatic hydroxyl groups is 1. The molecule has 8 nitrogen and oxygen atoms in total. The number of nitrogens with two attached hydrogens (primary N) is 1. The van der Waals surface area contributed by atoms with Crippen molar-refractivity contribution < 1.29 is 33.5 Å². The molecule has 0 radical (unpaired) electrons. The van der Waals surface area contributed by atoms with Crippen LogP contribution in [0.15, 0.2) is 0 Å². The van der Waals surface area contributed by atoms with Crippen LogP contribution in [-0.4, -0.2) is 97.5 Å². The average molecular weight is 382 g/mol. The van der Waals surface area contributed by atoms with Crippen LogP contribution in [0.2, 0.25) is 0 Å². The molecule has 3 N–H and O–H groups in total. The van der Waals surface area contributed by atoms with Gasteiger partial charge in [0, 0.05) is 6.61 Å². The highest BCUT2D eigenvalue weighted by molar-refractivity contribution is 4.43. The Balaban J connectivity index is 2.95. The Bertz CT molecular complexity index is 224. The zero-order valence-electron chi connectivity index (χ0n) is 16.2. The summed E-state index contributed by atoms with van der Waals surface area (Å²) in [6.07, 6.45) is 4.55. The van der Waals surface area contributed by atoms with E-state index in [1.165, 1.54) is 12.8 Å². The van der Waals surface area contributed by atoms with E-state index in [0.717, 1.165) is 26.0 Å². The van der Waals surface area contributed by atoms with Crippen LogP contribution >= 0.6 is 0 Å². The van der Waals surface area contributed by atoms with E-state index in [1.54, 1.807) is 0 Å². The average Bonchev–Trinajstić information content (AvgIpc) is 2.66. The summed E-state index contributed by atoms with van der Waals surface area (Å²) in [5.41, 5.74) is 5.44. The van der Waals surface area contributed by atoms with Gasteiger partial charge >= 0.3 is 0 Å². The van der Waals surface area contributed by atoms with E-state index in [4.69, 9.17) is 39.3 Å². The summed E-state index contributed by atoms with van der Waals surface area (Å²) in [5.74, 6) is 0. The maximum absolute atomic E-state index is 8.52.